The molecule has 0 aromatic heterocycles. The number of hydrogen-bond acceptors (Lipinski definition) is 3. The number of amides is 2. The molecule has 0 spiro atoms. The Kier molecular flexibility index (Phi) is 6.14. The van der Waals surface area contributed by atoms with Crippen LogP contribution >= 0.6 is 11.8 Å². The van der Waals surface area contributed by atoms with E-state index in [9.17, 15) is 9.59 Å². The summed E-state index contributed by atoms with van der Waals surface area (Å²) >= 11 is 1.64. The van der Waals surface area contributed by atoms with Crippen LogP contribution in [-0.2, 0) is 16.1 Å². The molecule has 1 heterocycles. The summed E-state index contributed by atoms with van der Waals surface area (Å²) in [4.78, 5) is 29.4. The minimum absolute atomic E-state index is 0.00506. The largest absolute Gasteiger partial charge is 0.340 e. The van der Waals surface area contributed by atoms with Crippen LogP contribution in [-0.4, -0.2) is 46.3 Å². The Balaban J connectivity index is 1.78. The summed E-state index contributed by atoms with van der Waals surface area (Å²) in [6.45, 7) is 6.22. The maximum absolute atomic E-state index is 13.2. The standard InChI is InChI=1S/C23H28N2O2S/c1-23(2,3)22(27)25-16-28-15-20(25)21(26)24(4)14-18-12-8-9-13-19(18)17-10-6-5-7-11-17/h5-13,20H,14-16H2,1-4H3. The fourth-order valence-corrected chi connectivity index (χ4v) is 4.57. The third kappa shape index (κ3) is 4.41. The predicted octanol–water partition coefficient (Wildman–Crippen LogP) is 4.26. The molecule has 4 nitrogen and oxygen atoms in total. The lowest BCUT2D eigenvalue weighted by Gasteiger charge is -2.32. The summed E-state index contributed by atoms with van der Waals surface area (Å²) in [7, 11) is 1.83. The lowest BCUT2D eigenvalue weighted by molar-refractivity contribution is -0.147. The molecule has 0 saturated carbocycles. The highest BCUT2D eigenvalue weighted by molar-refractivity contribution is 7.99. The van der Waals surface area contributed by atoms with E-state index >= 15 is 0 Å². The molecule has 5 heteroatoms. The third-order valence-corrected chi connectivity index (χ3v) is 5.97. The monoisotopic (exact) mass is 396 g/mol. The van der Waals surface area contributed by atoms with Crippen LogP contribution in [0.1, 0.15) is 26.3 Å². The molecule has 2 aromatic rings. The number of carbonyl (C=O) groups is 2. The van der Waals surface area contributed by atoms with Crippen molar-refractivity contribution < 1.29 is 9.59 Å². The zero-order valence-electron chi connectivity index (χ0n) is 17.0. The molecule has 0 radical (unpaired) electrons. The van der Waals surface area contributed by atoms with Gasteiger partial charge in [0.25, 0.3) is 0 Å². The lowest BCUT2D eigenvalue weighted by atomic mass is 9.94. The van der Waals surface area contributed by atoms with Gasteiger partial charge in [-0.3, -0.25) is 9.59 Å². The number of carbonyl (C=O) groups excluding carboxylic acids is 2. The van der Waals surface area contributed by atoms with Crippen LogP contribution in [0.2, 0.25) is 0 Å². The van der Waals surface area contributed by atoms with Crippen molar-refractivity contribution in [2.45, 2.75) is 33.4 Å². The van der Waals surface area contributed by atoms with Gasteiger partial charge in [0.2, 0.25) is 11.8 Å². The van der Waals surface area contributed by atoms with Gasteiger partial charge in [0.15, 0.2) is 0 Å². The Bertz CT molecular complexity index is 845. The lowest BCUT2D eigenvalue weighted by Crippen LogP contribution is -2.50. The highest BCUT2D eigenvalue weighted by Crippen LogP contribution is 2.29. The molecule has 28 heavy (non-hydrogen) atoms. The molecule has 1 atom stereocenters. The summed E-state index contributed by atoms with van der Waals surface area (Å²) in [6, 6.07) is 18.0. The van der Waals surface area contributed by atoms with Crippen LogP contribution in [0.15, 0.2) is 54.6 Å². The Labute approximate surface area is 171 Å². The van der Waals surface area contributed by atoms with Gasteiger partial charge in [-0.25, -0.2) is 0 Å². The van der Waals surface area contributed by atoms with Crippen LogP contribution < -0.4 is 0 Å². The fourth-order valence-electron chi connectivity index (χ4n) is 3.42. The molecule has 0 N–H and O–H groups in total. The van der Waals surface area contributed by atoms with Crippen molar-refractivity contribution in [1.82, 2.24) is 9.80 Å². The summed E-state index contributed by atoms with van der Waals surface area (Å²) in [5.74, 6) is 1.28. The van der Waals surface area contributed by atoms with Gasteiger partial charge in [-0.1, -0.05) is 75.4 Å². The highest BCUT2D eigenvalue weighted by Gasteiger charge is 2.40. The van der Waals surface area contributed by atoms with Crippen molar-refractivity contribution in [3.8, 4) is 11.1 Å². The first-order valence-electron chi connectivity index (χ1n) is 9.56. The van der Waals surface area contributed by atoms with E-state index in [-0.39, 0.29) is 17.9 Å². The Morgan fingerprint density at radius 2 is 1.71 bits per heavy atom. The summed E-state index contributed by atoms with van der Waals surface area (Å²) < 4.78 is 0. The van der Waals surface area contributed by atoms with Gasteiger partial charge < -0.3 is 9.80 Å². The van der Waals surface area contributed by atoms with Crippen LogP contribution in [0.4, 0.5) is 0 Å². The number of hydrogen-bond donors (Lipinski definition) is 0. The van der Waals surface area contributed by atoms with E-state index in [0.29, 0.717) is 18.2 Å². The molecule has 2 aromatic carbocycles. The molecule has 0 aliphatic carbocycles. The van der Waals surface area contributed by atoms with Crippen molar-refractivity contribution in [3.63, 3.8) is 0 Å². The molecule has 3 rings (SSSR count). The maximum Gasteiger partial charge on any atom is 0.246 e. The number of rotatable bonds is 4. The molecule has 1 fully saturated rings. The number of nitrogens with zero attached hydrogens (tertiary/aromatic N) is 2. The van der Waals surface area contributed by atoms with E-state index in [2.05, 4.69) is 24.3 Å². The van der Waals surface area contributed by atoms with Crippen LogP contribution in [0, 0.1) is 5.41 Å². The van der Waals surface area contributed by atoms with Crippen molar-refractivity contribution >= 4 is 23.6 Å². The molecule has 1 unspecified atom stereocenters. The summed E-state index contributed by atoms with van der Waals surface area (Å²) in [5.41, 5.74) is 2.89. The molecule has 1 aliphatic rings. The molecule has 0 bridgehead atoms. The molecule has 2 amide bonds. The van der Waals surface area contributed by atoms with E-state index in [0.717, 1.165) is 16.7 Å². The van der Waals surface area contributed by atoms with Gasteiger partial charge in [-0.15, -0.1) is 11.8 Å². The van der Waals surface area contributed by atoms with E-state index in [1.807, 2.05) is 58.2 Å². The second-order valence-electron chi connectivity index (χ2n) is 8.26. The molecule has 148 valence electrons. The van der Waals surface area contributed by atoms with E-state index in [1.54, 1.807) is 21.6 Å². The summed E-state index contributed by atoms with van der Waals surface area (Å²) in [5, 5.41) is 0. The minimum atomic E-state index is -0.484. The Morgan fingerprint density at radius 1 is 1.07 bits per heavy atom. The first kappa shape index (κ1) is 20.5. The fraction of sp³-hybridized carbons (Fsp3) is 0.391. The van der Waals surface area contributed by atoms with Crippen molar-refractivity contribution in [2.24, 2.45) is 5.41 Å². The van der Waals surface area contributed by atoms with Crippen LogP contribution in [0.3, 0.4) is 0 Å². The molecular weight excluding hydrogens is 368 g/mol. The normalized spacial score (nSPS) is 16.9. The zero-order chi connectivity index (χ0) is 20.3. The average molecular weight is 397 g/mol. The van der Waals surface area contributed by atoms with Crippen molar-refractivity contribution in [3.05, 3.63) is 60.2 Å². The maximum atomic E-state index is 13.2. The molecular formula is C23H28N2O2S. The van der Waals surface area contributed by atoms with E-state index in [1.165, 1.54) is 0 Å². The minimum Gasteiger partial charge on any atom is -0.340 e. The van der Waals surface area contributed by atoms with Gasteiger partial charge in [-0.2, -0.15) is 0 Å². The second kappa shape index (κ2) is 8.39. The number of thioether (sulfide) groups is 1. The summed E-state index contributed by atoms with van der Waals surface area (Å²) in [6.07, 6.45) is 0. The predicted molar refractivity (Wildman–Crippen MR) is 116 cm³/mol. The quantitative estimate of drug-likeness (QED) is 0.775. The Hall–Kier alpha value is -2.27. The van der Waals surface area contributed by atoms with Gasteiger partial charge in [0.05, 0.1) is 5.88 Å². The third-order valence-electron chi connectivity index (χ3n) is 4.96. The average Bonchev–Trinajstić information content (AvgIpc) is 3.16. The number of likely N-dealkylation sites (N-methyl/N-ethyl adjacent to an activating group) is 1. The van der Waals surface area contributed by atoms with Crippen LogP contribution in [0.5, 0.6) is 0 Å². The first-order valence-corrected chi connectivity index (χ1v) is 10.7. The topological polar surface area (TPSA) is 40.6 Å². The van der Waals surface area contributed by atoms with Gasteiger partial charge >= 0.3 is 0 Å². The SMILES string of the molecule is CN(Cc1ccccc1-c1ccccc1)C(=O)C1CSCN1C(=O)C(C)(C)C. The van der Waals surface area contributed by atoms with Crippen molar-refractivity contribution in [1.29, 1.82) is 0 Å². The second-order valence-corrected chi connectivity index (χ2v) is 9.26. The van der Waals surface area contributed by atoms with Gasteiger partial charge in [0.1, 0.15) is 6.04 Å². The highest BCUT2D eigenvalue weighted by atomic mass is 32.2. The molecule has 1 saturated heterocycles. The number of benzene rings is 2. The first-order chi connectivity index (χ1) is 13.3. The van der Waals surface area contributed by atoms with Crippen molar-refractivity contribution in [2.75, 3.05) is 18.7 Å². The van der Waals surface area contributed by atoms with E-state index < -0.39 is 5.41 Å². The molecule has 1 aliphatic heterocycles. The van der Waals surface area contributed by atoms with Gasteiger partial charge in [0, 0.05) is 24.8 Å². The van der Waals surface area contributed by atoms with Crippen LogP contribution in [0.25, 0.3) is 11.1 Å². The van der Waals surface area contributed by atoms with E-state index in [4.69, 9.17) is 0 Å². The Morgan fingerprint density at radius 3 is 2.39 bits per heavy atom. The smallest absolute Gasteiger partial charge is 0.246 e. The van der Waals surface area contributed by atoms with Gasteiger partial charge in [-0.05, 0) is 16.7 Å². The zero-order valence-corrected chi connectivity index (χ0v) is 17.8.